The van der Waals surface area contributed by atoms with Crippen molar-refractivity contribution in [1.82, 2.24) is 5.32 Å². The smallest absolute Gasteiger partial charge is 0.0210 e. The van der Waals surface area contributed by atoms with E-state index in [4.69, 9.17) is 0 Å². The molecule has 2 aliphatic carbocycles. The van der Waals surface area contributed by atoms with Crippen molar-refractivity contribution in [2.45, 2.75) is 77.3 Å². The zero-order valence-corrected chi connectivity index (χ0v) is 13.0. The molecule has 0 atom stereocenters. The summed E-state index contributed by atoms with van der Waals surface area (Å²) in [7, 11) is 0. The van der Waals surface area contributed by atoms with Crippen molar-refractivity contribution in [3.8, 4) is 0 Å². The highest BCUT2D eigenvalue weighted by molar-refractivity contribution is 5.26. The third-order valence-electron chi connectivity index (χ3n) is 5.79. The van der Waals surface area contributed by atoms with Crippen molar-refractivity contribution in [2.75, 3.05) is 0 Å². The molecule has 0 radical (unpaired) electrons. The molecule has 3 rings (SSSR count). The Labute approximate surface area is 124 Å². The van der Waals surface area contributed by atoms with E-state index in [1.807, 2.05) is 0 Å². The summed E-state index contributed by atoms with van der Waals surface area (Å²) in [5, 5.41) is 3.82. The molecule has 1 aromatic carbocycles. The minimum absolute atomic E-state index is 0.756. The van der Waals surface area contributed by atoms with Crippen LogP contribution in [0.15, 0.2) is 24.3 Å². The van der Waals surface area contributed by atoms with Crippen LogP contribution in [0, 0.1) is 5.41 Å². The molecule has 1 spiro atoms. The first kappa shape index (κ1) is 14.1. The second kappa shape index (κ2) is 6.30. The van der Waals surface area contributed by atoms with Crippen molar-refractivity contribution in [1.29, 1.82) is 0 Å². The standard InChI is InChI=1S/C19H29N/c1-2-16-7-3-4-8-17(16)15-20-18-9-13-19(14-10-18)11-5-6-12-19/h3-4,7-8,18,20H,2,5-6,9-15H2,1H3. The van der Waals surface area contributed by atoms with Gasteiger partial charge in [0, 0.05) is 12.6 Å². The van der Waals surface area contributed by atoms with E-state index in [0.717, 1.165) is 24.4 Å². The summed E-state index contributed by atoms with van der Waals surface area (Å²) in [5.74, 6) is 0. The lowest BCUT2D eigenvalue weighted by Gasteiger charge is -2.37. The maximum atomic E-state index is 3.82. The Balaban J connectivity index is 1.50. The van der Waals surface area contributed by atoms with Gasteiger partial charge in [-0.15, -0.1) is 0 Å². The molecule has 0 saturated heterocycles. The second-order valence-electron chi connectivity index (χ2n) is 6.98. The van der Waals surface area contributed by atoms with Crippen molar-refractivity contribution in [3.63, 3.8) is 0 Å². The van der Waals surface area contributed by atoms with E-state index in [0.29, 0.717) is 0 Å². The Morgan fingerprint density at radius 1 is 1.00 bits per heavy atom. The van der Waals surface area contributed by atoms with Crippen LogP contribution in [0.3, 0.4) is 0 Å². The van der Waals surface area contributed by atoms with Crippen molar-refractivity contribution < 1.29 is 0 Å². The number of rotatable bonds is 4. The monoisotopic (exact) mass is 271 g/mol. The molecule has 2 aliphatic rings. The Morgan fingerprint density at radius 2 is 1.65 bits per heavy atom. The van der Waals surface area contributed by atoms with Crippen molar-refractivity contribution in [2.24, 2.45) is 5.41 Å². The van der Waals surface area contributed by atoms with Crippen LogP contribution in [0.25, 0.3) is 0 Å². The molecule has 0 bridgehead atoms. The minimum atomic E-state index is 0.756. The fourth-order valence-electron chi connectivity index (χ4n) is 4.39. The molecule has 0 amide bonds. The minimum Gasteiger partial charge on any atom is -0.310 e. The normalized spacial score (nSPS) is 22.4. The number of nitrogens with one attached hydrogen (secondary N) is 1. The molecule has 0 heterocycles. The summed E-state index contributed by atoms with van der Waals surface area (Å²) in [6.07, 6.45) is 12.9. The van der Waals surface area contributed by atoms with Crippen LogP contribution < -0.4 is 5.32 Å². The van der Waals surface area contributed by atoms with Gasteiger partial charge in [0.05, 0.1) is 0 Å². The quantitative estimate of drug-likeness (QED) is 0.826. The van der Waals surface area contributed by atoms with Gasteiger partial charge in [0.2, 0.25) is 0 Å². The van der Waals surface area contributed by atoms with E-state index in [-0.39, 0.29) is 0 Å². The van der Waals surface area contributed by atoms with Crippen LogP contribution >= 0.6 is 0 Å². The molecule has 1 nitrogen and oxygen atoms in total. The third-order valence-corrected chi connectivity index (χ3v) is 5.79. The highest BCUT2D eigenvalue weighted by Gasteiger charge is 2.37. The summed E-state index contributed by atoms with van der Waals surface area (Å²) in [6, 6.07) is 9.64. The molecule has 2 saturated carbocycles. The Bertz CT molecular complexity index is 421. The summed E-state index contributed by atoms with van der Waals surface area (Å²) in [4.78, 5) is 0. The Hall–Kier alpha value is -0.820. The van der Waals surface area contributed by atoms with E-state index in [1.54, 1.807) is 0 Å². The van der Waals surface area contributed by atoms with Crippen LogP contribution in [0.4, 0.5) is 0 Å². The second-order valence-corrected chi connectivity index (χ2v) is 6.98. The van der Waals surface area contributed by atoms with Gasteiger partial charge in [0.15, 0.2) is 0 Å². The van der Waals surface area contributed by atoms with Gasteiger partial charge in [-0.2, -0.15) is 0 Å². The van der Waals surface area contributed by atoms with Gasteiger partial charge in [0.25, 0.3) is 0 Å². The predicted octanol–water partition coefficient (Wildman–Crippen LogP) is 4.84. The molecule has 0 aromatic heterocycles. The summed E-state index contributed by atoms with van der Waals surface area (Å²) >= 11 is 0. The van der Waals surface area contributed by atoms with Gasteiger partial charge in [-0.05, 0) is 61.5 Å². The van der Waals surface area contributed by atoms with Crippen LogP contribution in [0.2, 0.25) is 0 Å². The van der Waals surface area contributed by atoms with Gasteiger partial charge in [0.1, 0.15) is 0 Å². The van der Waals surface area contributed by atoms with Crippen LogP contribution in [-0.2, 0) is 13.0 Å². The molecule has 1 heteroatoms. The molecule has 1 N–H and O–H groups in total. The number of aryl methyl sites for hydroxylation is 1. The van der Waals surface area contributed by atoms with Gasteiger partial charge in [-0.25, -0.2) is 0 Å². The maximum Gasteiger partial charge on any atom is 0.0210 e. The fourth-order valence-corrected chi connectivity index (χ4v) is 4.39. The lowest BCUT2D eigenvalue weighted by molar-refractivity contribution is 0.168. The summed E-state index contributed by atoms with van der Waals surface area (Å²) in [5.41, 5.74) is 3.76. The molecule has 110 valence electrons. The van der Waals surface area contributed by atoms with Gasteiger partial charge < -0.3 is 5.32 Å². The molecule has 1 aromatic rings. The van der Waals surface area contributed by atoms with Crippen molar-refractivity contribution >= 4 is 0 Å². The van der Waals surface area contributed by atoms with E-state index < -0.39 is 0 Å². The summed E-state index contributed by atoms with van der Waals surface area (Å²) < 4.78 is 0. The van der Waals surface area contributed by atoms with E-state index in [9.17, 15) is 0 Å². The summed E-state index contributed by atoms with van der Waals surface area (Å²) in [6.45, 7) is 3.31. The predicted molar refractivity (Wildman–Crippen MR) is 85.8 cm³/mol. The molecule has 20 heavy (non-hydrogen) atoms. The van der Waals surface area contributed by atoms with Crippen LogP contribution in [0.1, 0.15) is 69.4 Å². The molecule has 2 fully saturated rings. The topological polar surface area (TPSA) is 12.0 Å². The fraction of sp³-hybridized carbons (Fsp3) is 0.684. The Morgan fingerprint density at radius 3 is 2.30 bits per heavy atom. The average Bonchev–Trinajstić information content (AvgIpc) is 2.95. The van der Waals surface area contributed by atoms with Gasteiger partial charge in [-0.1, -0.05) is 44.0 Å². The first-order chi connectivity index (χ1) is 9.81. The van der Waals surface area contributed by atoms with Crippen LogP contribution in [-0.4, -0.2) is 6.04 Å². The highest BCUT2D eigenvalue weighted by Crippen LogP contribution is 2.48. The number of benzene rings is 1. The third kappa shape index (κ3) is 3.09. The average molecular weight is 271 g/mol. The first-order valence-electron chi connectivity index (χ1n) is 8.61. The molecule has 0 aliphatic heterocycles. The molecular formula is C19H29N. The van der Waals surface area contributed by atoms with Gasteiger partial charge >= 0.3 is 0 Å². The SMILES string of the molecule is CCc1ccccc1CNC1CCC2(CCCC2)CC1. The first-order valence-corrected chi connectivity index (χ1v) is 8.61. The van der Waals surface area contributed by atoms with Crippen molar-refractivity contribution in [3.05, 3.63) is 35.4 Å². The van der Waals surface area contributed by atoms with Crippen LogP contribution in [0.5, 0.6) is 0 Å². The molecule has 0 unspecified atom stereocenters. The highest BCUT2D eigenvalue weighted by atomic mass is 14.9. The van der Waals surface area contributed by atoms with E-state index >= 15 is 0 Å². The Kier molecular flexibility index (Phi) is 4.45. The van der Waals surface area contributed by atoms with E-state index in [2.05, 4.69) is 36.5 Å². The van der Waals surface area contributed by atoms with E-state index in [1.165, 1.54) is 62.5 Å². The molecular weight excluding hydrogens is 242 g/mol. The zero-order valence-electron chi connectivity index (χ0n) is 13.0. The lowest BCUT2D eigenvalue weighted by Crippen LogP contribution is -2.36. The zero-order chi connectivity index (χ0) is 13.8. The number of hydrogen-bond acceptors (Lipinski definition) is 1. The lowest BCUT2D eigenvalue weighted by atomic mass is 9.71. The van der Waals surface area contributed by atoms with Gasteiger partial charge in [-0.3, -0.25) is 0 Å². The largest absolute Gasteiger partial charge is 0.310 e. The number of hydrogen-bond donors (Lipinski definition) is 1. The maximum absolute atomic E-state index is 3.82.